The monoisotopic (exact) mass is 242 g/mol. The molecule has 0 fully saturated rings. The summed E-state index contributed by atoms with van der Waals surface area (Å²) in [6.45, 7) is 0. The first kappa shape index (κ1) is 12.0. The number of hydrogen-bond acceptors (Lipinski definition) is 5. The van der Waals surface area contributed by atoms with Gasteiger partial charge in [0.05, 0.1) is 11.3 Å². The van der Waals surface area contributed by atoms with Crippen LogP contribution in [0.3, 0.4) is 0 Å². The van der Waals surface area contributed by atoms with Crippen LogP contribution >= 0.6 is 11.8 Å². The molecule has 4 nitrogen and oxygen atoms in total. The van der Waals surface area contributed by atoms with Crippen LogP contribution < -0.4 is 0 Å². The van der Waals surface area contributed by atoms with Crippen LogP contribution in [0.1, 0.15) is 5.56 Å². The summed E-state index contributed by atoms with van der Waals surface area (Å²) in [5.74, 6) is 0.552. The Balaban J connectivity index is 2.63. The second-order valence-corrected chi connectivity index (χ2v) is 6.36. The lowest BCUT2D eigenvalue weighted by atomic mass is 10.3. The van der Waals surface area contributed by atoms with Crippen molar-refractivity contribution in [2.24, 2.45) is 0 Å². The van der Waals surface area contributed by atoms with E-state index < -0.39 is 9.84 Å². The standard InChI is InChI=1S/C9H10N2O2S2/c1-15(12,13)5-4-14-9-7-11-3-2-8(9)6-10/h2-3,7H,4-5H2,1H3. The Morgan fingerprint density at radius 3 is 2.93 bits per heavy atom. The minimum atomic E-state index is -2.94. The molecule has 6 heteroatoms. The zero-order valence-electron chi connectivity index (χ0n) is 8.17. The fourth-order valence-corrected chi connectivity index (χ4v) is 3.06. The summed E-state index contributed by atoms with van der Waals surface area (Å²) < 4.78 is 21.8. The summed E-state index contributed by atoms with van der Waals surface area (Å²) in [5, 5.41) is 8.77. The average molecular weight is 242 g/mol. The van der Waals surface area contributed by atoms with Gasteiger partial charge in [-0.25, -0.2) is 8.42 Å². The van der Waals surface area contributed by atoms with Gasteiger partial charge in [-0.05, 0) is 6.07 Å². The van der Waals surface area contributed by atoms with Gasteiger partial charge in [-0.15, -0.1) is 11.8 Å². The van der Waals surface area contributed by atoms with Crippen molar-refractivity contribution >= 4 is 21.6 Å². The maximum atomic E-state index is 10.9. The number of aromatic nitrogens is 1. The van der Waals surface area contributed by atoms with E-state index in [0.717, 1.165) is 4.90 Å². The number of rotatable bonds is 4. The van der Waals surface area contributed by atoms with Gasteiger partial charge in [0, 0.05) is 29.3 Å². The third-order valence-corrected chi connectivity index (χ3v) is 3.87. The van der Waals surface area contributed by atoms with Crippen LogP contribution in [-0.4, -0.2) is 31.2 Å². The molecule has 0 unspecified atom stereocenters. The van der Waals surface area contributed by atoms with E-state index in [1.54, 1.807) is 18.5 Å². The Morgan fingerprint density at radius 1 is 1.60 bits per heavy atom. The van der Waals surface area contributed by atoms with Crippen molar-refractivity contribution in [3.8, 4) is 6.07 Å². The third-order valence-electron chi connectivity index (χ3n) is 1.62. The molecule has 0 aliphatic rings. The molecule has 0 spiro atoms. The first-order valence-corrected chi connectivity index (χ1v) is 7.22. The number of nitriles is 1. The Morgan fingerprint density at radius 2 is 2.33 bits per heavy atom. The molecule has 1 heterocycles. The van der Waals surface area contributed by atoms with E-state index in [1.807, 2.05) is 6.07 Å². The lowest BCUT2D eigenvalue weighted by molar-refractivity contribution is 0.603. The quantitative estimate of drug-likeness (QED) is 0.739. The average Bonchev–Trinajstić information content (AvgIpc) is 2.16. The number of sulfone groups is 1. The van der Waals surface area contributed by atoms with Gasteiger partial charge in [-0.2, -0.15) is 5.26 Å². The first-order chi connectivity index (χ1) is 7.03. The molecule has 80 valence electrons. The lowest BCUT2D eigenvalue weighted by Crippen LogP contribution is -2.05. The van der Waals surface area contributed by atoms with Crippen molar-refractivity contribution in [2.75, 3.05) is 17.8 Å². The molecule has 1 aromatic rings. The Bertz CT molecular complexity index is 477. The molecule has 0 amide bonds. The van der Waals surface area contributed by atoms with Crippen LogP contribution in [0.5, 0.6) is 0 Å². The summed E-state index contributed by atoms with van der Waals surface area (Å²) in [6.07, 6.45) is 4.31. The SMILES string of the molecule is CS(=O)(=O)CCSc1cnccc1C#N. The predicted octanol–water partition coefficient (Wildman–Crippen LogP) is 1.09. The van der Waals surface area contributed by atoms with Crippen LogP contribution in [-0.2, 0) is 9.84 Å². The van der Waals surface area contributed by atoms with Gasteiger partial charge in [0.1, 0.15) is 15.9 Å². The molecule has 0 aliphatic heterocycles. The van der Waals surface area contributed by atoms with Gasteiger partial charge in [0.2, 0.25) is 0 Å². The van der Waals surface area contributed by atoms with Gasteiger partial charge in [0.15, 0.2) is 0 Å². The van der Waals surface area contributed by atoms with Crippen LogP contribution in [0.25, 0.3) is 0 Å². The zero-order chi connectivity index (χ0) is 11.3. The fraction of sp³-hybridized carbons (Fsp3) is 0.333. The summed E-state index contributed by atoms with van der Waals surface area (Å²) in [4.78, 5) is 4.61. The van der Waals surface area contributed by atoms with Gasteiger partial charge in [0.25, 0.3) is 0 Å². The highest BCUT2D eigenvalue weighted by atomic mass is 32.2. The summed E-state index contributed by atoms with van der Waals surface area (Å²) in [6, 6.07) is 3.65. The van der Waals surface area contributed by atoms with E-state index in [1.165, 1.54) is 18.0 Å². The smallest absolute Gasteiger partial charge is 0.148 e. The molecule has 15 heavy (non-hydrogen) atoms. The molecule has 0 atom stereocenters. The van der Waals surface area contributed by atoms with Gasteiger partial charge in [-0.1, -0.05) is 0 Å². The van der Waals surface area contributed by atoms with E-state index in [4.69, 9.17) is 5.26 Å². The van der Waals surface area contributed by atoms with Crippen molar-refractivity contribution in [2.45, 2.75) is 4.90 Å². The van der Waals surface area contributed by atoms with Crippen LogP contribution in [0.15, 0.2) is 23.4 Å². The maximum Gasteiger partial charge on any atom is 0.148 e. The second kappa shape index (κ2) is 5.14. The van der Waals surface area contributed by atoms with E-state index in [0.29, 0.717) is 11.3 Å². The third kappa shape index (κ3) is 4.32. The highest BCUT2D eigenvalue weighted by molar-refractivity contribution is 8.00. The molecular formula is C9H10N2O2S2. The number of hydrogen-bond donors (Lipinski definition) is 0. The number of thioether (sulfide) groups is 1. The van der Waals surface area contributed by atoms with Gasteiger partial charge in [-0.3, -0.25) is 4.98 Å². The zero-order valence-corrected chi connectivity index (χ0v) is 9.81. The molecule has 0 saturated heterocycles. The molecule has 1 rings (SSSR count). The number of nitrogens with zero attached hydrogens (tertiary/aromatic N) is 2. The maximum absolute atomic E-state index is 10.9. The molecular weight excluding hydrogens is 232 g/mol. The van der Waals surface area contributed by atoms with Gasteiger partial charge < -0.3 is 0 Å². The molecule has 0 saturated carbocycles. The highest BCUT2D eigenvalue weighted by Gasteiger charge is 2.05. The Labute approximate surface area is 93.3 Å². The van der Waals surface area contributed by atoms with Crippen molar-refractivity contribution in [3.63, 3.8) is 0 Å². The topological polar surface area (TPSA) is 70.8 Å². The Kier molecular flexibility index (Phi) is 4.12. The minimum absolute atomic E-state index is 0.109. The van der Waals surface area contributed by atoms with Crippen LogP contribution in [0.4, 0.5) is 0 Å². The van der Waals surface area contributed by atoms with Gasteiger partial charge >= 0.3 is 0 Å². The molecule has 0 aromatic carbocycles. The van der Waals surface area contributed by atoms with E-state index in [9.17, 15) is 8.42 Å². The Hall–Kier alpha value is -1.06. The summed E-state index contributed by atoms with van der Waals surface area (Å²) >= 11 is 1.33. The van der Waals surface area contributed by atoms with Crippen LogP contribution in [0.2, 0.25) is 0 Å². The molecule has 0 aliphatic carbocycles. The number of pyridine rings is 1. The lowest BCUT2D eigenvalue weighted by Gasteiger charge is -2.01. The van der Waals surface area contributed by atoms with Crippen molar-refractivity contribution in [1.29, 1.82) is 5.26 Å². The molecule has 0 bridgehead atoms. The highest BCUT2D eigenvalue weighted by Crippen LogP contribution is 2.20. The molecule has 0 N–H and O–H groups in total. The summed E-state index contributed by atoms with van der Waals surface area (Å²) in [7, 11) is -2.94. The van der Waals surface area contributed by atoms with E-state index >= 15 is 0 Å². The fourth-order valence-electron chi connectivity index (χ4n) is 0.890. The van der Waals surface area contributed by atoms with Crippen molar-refractivity contribution in [1.82, 2.24) is 4.98 Å². The van der Waals surface area contributed by atoms with E-state index in [-0.39, 0.29) is 5.75 Å². The second-order valence-electron chi connectivity index (χ2n) is 2.96. The van der Waals surface area contributed by atoms with Crippen LogP contribution in [0, 0.1) is 11.3 Å². The van der Waals surface area contributed by atoms with E-state index in [2.05, 4.69) is 4.98 Å². The minimum Gasteiger partial charge on any atom is -0.263 e. The predicted molar refractivity (Wildman–Crippen MR) is 59.4 cm³/mol. The summed E-state index contributed by atoms with van der Waals surface area (Å²) in [5.41, 5.74) is 0.531. The molecule has 0 radical (unpaired) electrons. The normalized spacial score (nSPS) is 10.9. The van der Waals surface area contributed by atoms with Crippen molar-refractivity contribution in [3.05, 3.63) is 24.0 Å². The first-order valence-electron chi connectivity index (χ1n) is 4.17. The van der Waals surface area contributed by atoms with Crippen molar-refractivity contribution < 1.29 is 8.42 Å². The largest absolute Gasteiger partial charge is 0.263 e. The molecule has 1 aromatic heterocycles.